The molecule has 29 heavy (non-hydrogen) atoms. The van der Waals surface area contributed by atoms with Gasteiger partial charge in [0.15, 0.2) is 23.2 Å². The van der Waals surface area contributed by atoms with Gasteiger partial charge in [-0.15, -0.1) is 0 Å². The van der Waals surface area contributed by atoms with E-state index in [-0.39, 0.29) is 6.42 Å². The second-order valence-corrected chi connectivity index (χ2v) is 7.69. The number of nitrogens with one attached hydrogen (secondary N) is 1. The highest BCUT2D eigenvalue weighted by Gasteiger charge is 2.23. The highest BCUT2D eigenvalue weighted by atomic mass is 127. The third-order valence-electron chi connectivity index (χ3n) is 4.22. The zero-order valence-corrected chi connectivity index (χ0v) is 18.0. The molecule has 0 bridgehead atoms. The van der Waals surface area contributed by atoms with Crippen LogP contribution in [0.3, 0.4) is 0 Å². The lowest BCUT2D eigenvalue weighted by Crippen LogP contribution is -2.42. The highest BCUT2D eigenvalue weighted by Crippen LogP contribution is 2.23. The van der Waals surface area contributed by atoms with Gasteiger partial charge < -0.3 is 15.8 Å². The number of ether oxygens (including phenoxy) is 1. The van der Waals surface area contributed by atoms with Crippen molar-refractivity contribution in [2.24, 2.45) is 5.73 Å². The number of amides is 1. The van der Waals surface area contributed by atoms with Crippen LogP contribution in [0.5, 0.6) is 0 Å². The average Bonchev–Trinajstić information content (AvgIpc) is 2.85. The summed E-state index contributed by atoms with van der Waals surface area (Å²) < 4.78 is 33.9. The summed E-state index contributed by atoms with van der Waals surface area (Å²) in [6, 6.07) is 6.10. The smallest absolute Gasteiger partial charge is 0.251 e. The van der Waals surface area contributed by atoms with E-state index in [2.05, 4.69) is 27.9 Å². The van der Waals surface area contributed by atoms with E-state index in [1.165, 1.54) is 12.2 Å². The van der Waals surface area contributed by atoms with Crippen molar-refractivity contribution in [1.82, 2.24) is 5.32 Å². The van der Waals surface area contributed by atoms with E-state index >= 15 is 0 Å². The first-order valence-corrected chi connectivity index (χ1v) is 10.3. The standard InChI is InChI=1S/C21H23F2IN2O3/c22-16-8-1-2-9-17(23)20(16)29-13-19(27)18(10-3-4-11-25)26-21(28)14-6-5-7-15(24)12-14/h1,5-9,12,18H,2-4,10-11,13,25H2,(H,26,28)/t18-/m0/s1. The Morgan fingerprint density at radius 1 is 1.28 bits per heavy atom. The minimum atomic E-state index is -0.883. The number of nitrogens with two attached hydrogens (primary N) is 1. The molecule has 3 N–H and O–H groups in total. The Morgan fingerprint density at radius 3 is 2.79 bits per heavy atom. The van der Waals surface area contributed by atoms with Gasteiger partial charge in [-0.3, -0.25) is 9.59 Å². The maximum Gasteiger partial charge on any atom is 0.251 e. The SMILES string of the molecule is NCCCC[C@H](NC(=O)c1cccc(I)c1)C(=O)COC1=C(F)C=CCC=C1F. The van der Waals surface area contributed by atoms with Crippen LogP contribution in [-0.4, -0.2) is 30.9 Å². The number of carbonyl (C=O) groups is 2. The minimum absolute atomic E-state index is 0.230. The van der Waals surface area contributed by atoms with E-state index in [9.17, 15) is 18.4 Å². The maximum atomic E-state index is 13.9. The van der Waals surface area contributed by atoms with Gasteiger partial charge in [-0.25, -0.2) is 8.78 Å². The molecule has 1 amide bonds. The number of benzene rings is 1. The summed E-state index contributed by atoms with van der Waals surface area (Å²) in [5.74, 6) is -3.21. The van der Waals surface area contributed by atoms with Gasteiger partial charge in [0, 0.05) is 9.13 Å². The van der Waals surface area contributed by atoms with Gasteiger partial charge in [0.1, 0.15) is 6.61 Å². The number of hydrogen-bond acceptors (Lipinski definition) is 4. The molecule has 0 saturated carbocycles. The van der Waals surface area contributed by atoms with Crippen LogP contribution in [0.15, 0.2) is 59.9 Å². The van der Waals surface area contributed by atoms with Gasteiger partial charge in [0.05, 0.1) is 6.04 Å². The molecule has 1 aliphatic carbocycles. The Kier molecular flexibility index (Phi) is 9.46. The second kappa shape index (κ2) is 11.8. The minimum Gasteiger partial charge on any atom is -0.480 e. The molecular weight excluding hydrogens is 493 g/mol. The lowest BCUT2D eigenvalue weighted by molar-refractivity contribution is -0.124. The van der Waals surface area contributed by atoms with Gasteiger partial charge in [-0.05, 0) is 85.2 Å². The number of halogens is 3. The van der Waals surface area contributed by atoms with Crippen molar-refractivity contribution >= 4 is 34.3 Å². The molecule has 2 rings (SSSR count). The number of hydrogen-bond donors (Lipinski definition) is 2. The third-order valence-corrected chi connectivity index (χ3v) is 4.89. The molecule has 0 aliphatic heterocycles. The molecule has 0 aromatic heterocycles. The lowest BCUT2D eigenvalue weighted by atomic mass is 10.0. The monoisotopic (exact) mass is 516 g/mol. The largest absolute Gasteiger partial charge is 0.480 e. The van der Waals surface area contributed by atoms with Crippen molar-refractivity contribution in [2.45, 2.75) is 31.7 Å². The molecule has 0 radical (unpaired) electrons. The zero-order chi connectivity index (χ0) is 21.2. The van der Waals surface area contributed by atoms with Crippen LogP contribution in [0.4, 0.5) is 8.78 Å². The fourth-order valence-electron chi connectivity index (χ4n) is 2.69. The first-order valence-electron chi connectivity index (χ1n) is 9.26. The van der Waals surface area contributed by atoms with E-state index in [4.69, 9.17) is 10.5 Å². The topological polar surface area (TPSA) is 81.4 Å². The number of allylic oxidation sites excluding steroid dienone is 5. The molecule has 0 fully saturated rings. The predicted molar refractivity (Wildman–Crippen MR) is 115 cm³/mol. The summed E-state index contributed by atoms with van der Waals surface area (Å²) in [6.45, 7) is -0.0968. The molecule has 156 valence electrons. The number of ketones is 1. The van der Waals surface area contributed by atoms with Gasteiger partial charge in [-0.1, -0.05) is 12.1 Å². The Labute approximate surface area is 182 Å². The third kappa shape index (κ3) is 7.36. The van der Waals surface area contributed by atoms with Crippen molar-refractivity contribution in [3.63, 3.8) is 0 Å². The average molecular weight is 516 g/mol. The number of carbonyl (C=O) groups excluding carboxylic acids is 2. The molecule has 1 aromatic carbocycles. The second-order valence-electron chi connectivity index (χ2n) is 6.44. The zero-order valence-electron chi connectivity index (χ0n) is 15.8. The molecule has 0 spiro atoms. The first-order chi connectivity index (χ1) is 13.9. The van der Waals surface area contributed by atoms with Crippen LogP contribution in [0.2, 0.25) is 0 Å². The highest BCUT2D eigenvalue weighted by molar-refractivity contribution is 14.1. The molecule has 0 saturated heterocycles. The summed E-state index contributed by atoms with van der Waals surface area (Å²) in [6.07, 6.45) is 5.60. The summed E-state index contributed by atoms with van der Waals surface area (Å²) in [4.78, 5) is 25.2. The first kappa shape index (κ1) is 23.2. The van der Waals surface area contributed by atoms with Crippen LogP contribution in [0, 0.1) is 3.57 Å². The fourth-order valence-corrected chi connectivity index (χ4v) is 3.23. The van der Waals surface area contributed by atoms with E-state index in [1.807, 2.05) is 6.07 Å². The maximum absolute atomic E-state index is 13.9. The summed E-state index contributed by atoms with van der Waals surface area (Å²) >= 11 is 2.09. The Balaban J connectivity index is 2.06. The van der Waals surface area contributed by atoms with Crippen LogP contribution >= 0.6 is 22.6 Å². The van der Waals surface area contributed by atoms with Gasteiger partial charge in [0.25, 0.3) is 5.91 Å². The molecular formula is C21H23F2IN2O3. The molecule has 1 aromatic rings. The predicted octanol–water partition coefficient (Wildman–Crippen LogP) is 4.10. The van der Waals surface area contributed by atoms with E-state index in [1.54, 1.807) is 18.2 Å². The van der Waals surface area contributed by atoms with Gasteiger partial charge in [0.2, 0.25) is 0 Å². The molecule has 8 heteroatoms. The summed E-state index contributed by atoms with van der Waals surface area (Å²) in [5, 5.41) is 2.70. The molecule has 0 heterocycles. The summed E-state index contributed by atoms with van der Waals surface area (Å²) in [5.41, 5.74) is 5.92. The van der Waals surface area contributed by atoms with Crippen molar-refractivity contribution in [2.75, 3.05) is 13.2 Å². The number of unbranched alkanes of at least 4 members (excludes halogenated alkanes) is 1. The molecule has 0 unspecified atom stereocenters. The van der Waals surface area contributed by atoms with E-state index < -0.39 is 41.8 Å². The van der Waals surface area contributed by atoms with Crippen molar-refractivity contribution in [1.29, 1.82) is 0 Å². The van der Waals surface area contributed by atoms with Gasteiger partial charge >= 0.3 is 0 Å². The van der Waals surface area contributed by atoms with Crippen molar-refractivity contribution in [3.05, 3.63) is 69.0 Å². The van der Waals surface area contributed by atoms with Crippen LogP contribution in [-0.2, 0) is 9.53 Å². The normalized spacial score (nSPS) is 14.8. The van der Waals surface area contributed by atoms with E-state index in [0.29, 0.717) is 31.4 Å². The van der Waals surface area contributed by atoms with Crippen LogP contribution in [0.25, 0.3) is 0 Å². The number of rotatable bonds is 10. The lowest BCUT2D eigenvalue weighted by Gasteiger charge is -2.18. The van der Waals surface area contributed by atoms with Crippen LogP contribution < -0.4 is 11.1 Å². The quantitative estimate of drug-likeness (QED) is 0.363. The van der Waals surface area contributed by atoms with Gasteiger partial charge in [-0.2, -0.15) is 0 Å². The Morgan fingerprint density at radius 2 is 2.07 bits per heavy atom. The number of Topliss-reactive ketones (excluding diaryl/α,β-unsaturated/α-hetero) is 1. The Bertz CT molecular complexity index is 837. The Hall–Kier alpha value is -2.07. The molecule has 5 nitrogen and oxygen atoms in total. The van der Waals surface area contributed by atoms with Crippen LogP contribution in [0.1, 0.15) is 36.0 Å². The molecule has 1 aliphatic rings. The van der Waals surface area contributed by atoms with Crippen molar-refractivity contribution in [3.8, 4) is 0 Å². The molecule has 1 atom stereocenters. The van der Waals surface area contributed by atoms with Crippen molar-refractivity contribution < 1.29 is 23.1 Å². The summed E-state index contributed by atoms with van der Waals surface area (Å²) in [7, 11) is 0. The van der Waals surface area contributed by atoms with E-state index in [0.717, 1.165) is 9.65 Å². The fraction of sp³-hybridized carbons (Fsp3) is 0.333.